The van der Waals surface area contributed by atoms with E-state index in [0.29, 0.717) is 0 Å². The Kier molecular flexibility index (Phi) is 14.9. The molecule has 2 N–H and O–H groups in total. The fourth-order valence-corrected chi connectivity index (χ4v) is 2.74. The first-order valence-electron chi connectivity index (χ1n) is 11.8. The first-order valence-corrected chi connectivity index (χ1v) is 11.8. The molecule has 41 heavy (non-hydrogen) atoms. The van der Waals surface area contributed by atoms with E-state index in [9.17, 15) is 33.9 Å². The molecule has 13 heteroatoms. The van der Waals surface area contributed by atoms with Crippen molar-refractivity contribution in [2.45, 2.75) is 19.4 Å². The molecule has 2 aromatic rings. The summed E-state index contributed by atoms with van der Waals surface area (Å²) in [5, 5.41) is 18.6. The van der Waals surface area contributed by atoms with Gasteiger partial charge in [-0.05, 0) is 31.2 Å². The third-order valence-electron chi connectivity index (χ3n) is 4.65. The maximum Gasteiger partial charge on any atom is 0.387 e. The lowest BCUT2D eigenvalue weighted by Crippen LogP contribution is -2.22. The van der Waals surface area contributed by atoms with Crippen molar-refractivity contribution in [1.82, 2.24) is 0 Å². The number of rotatable bonds is 12. The number of benzene rings is 2. The predicted octanol–water partition coefficient (Wildman–Crippen LogP) is 2.69. The number of hydrogen-bond acceptors (Lipinski definition) is 12. The normalized spacial score (nSPS) is 10.4. The van der Waals surface area contributed by atoms with Gasteiger partial charge in [0.15, 0.2) is 0 Å². The van der Waals surface area contributed by atoms with Crippen LogP contribution in [0.4, 0.5) is 0 Å². The van der Waals surface area contributed by atoms with Crippen LogP contribution >= 0.6 is 0 Å². The van der Waals surface area contributed by atoms with Gasteiger partial charge in [-0.3, -0.25) is 0 Å². The number of aliphatic hydroxyl groups excluding tert-OH is 1. The summed E-state index contributed by atoms with van der Waals surface area (Å²) >= 11 is 0. The van der Waals surface area contributed by atoms with E-state index in [0.717, 1.165) is 12.2 Å². The van der Waals surface area contributed by atoms with Gasteiger partial charge in [0.1, 0.15) is 6.61 Å². The topological polar surface area (TPSA) is 189 Å². The van der Waals surface area contributed by atoms with Crippen LogP contribution in [0.3, 0.4) is 0 Å². The molecule has 2 aromatic carbocycles. The number of esters is 3. The zero-order chi connectivity index (χ0) is 30.8. The molecule has 0 aliphatic heterocycles. The van der Waals surface area contributed by atoms with Crippen LogP contribution in [-0.2, 0) is 33.6 Å². The minimum atomic E-state index is -1.25. The molecular weight excluding hydrogens is 544 g/mol. The van der Waals surface area contributed by atoms with E-state index in [1.807, 2.05) is 0 Å². The molecule has 218 valence electrons. The molecule has 1 unspecified atom stereocenters. The van der Waals surface area contributed by atoms with Crippen LogP contribution in [0.15, 0.2) is 73.8 Å². The Bertz CT molecular complexity index is 1270. The van der Waals surface area contributed by atoms with Crippen LogP contribution in [0.1, 0.15) is 54.8 Å². The monoisotopic (exact) mass is 572 g/mol. The van der Waals surface area contributed by atoms with Gasteiger partial charge in [-0.25, -0.2) is 38.5 Å². The van der Waals surface area contributed by atoms with Crippen molar-refractivity contribution in [1.29, 1.82) is 0 Å². The standard InChI is InChI=1S/C15H16O7.C13H12O6/c1-2-13(17)21-8-7-10(16)9-22-15(20)12-6-4-3-5-11(12)14(18)19;1-3-11(14)18-19-13(16)10-8-6-5-7-9(10)12(15)17-4-2/h2-6,10,16H,1,7-9H2,(H,18,19);3,5-8H,1,4H2,2H3. The number of hydrogen-bond donors (Lipinski definition) is 2. The molecule has 13 nitrogen and oxygen atoms in total. The Labute approximate surface area is 234 Å². The number of aromatic carboxylic acids is 1. The van der Waals surface area contributed by atoms with Gasteiger partial charge in [0.05, 0.1) is 41.6 Å². The van der Waals surface area contributed by atoms with E-state index < -0.39 is 41.9 Å². The molecule has 0 amide bonds. The van der Waals surface area contributed by atoms with E-state index in [4.69, 9.17) is 14.6 Å². The van der Waals surface area contributed by atoms with E-state index >= 15 is 0 Å². The summed E-state index contributed by atoms with van der Waals surface area (Å²) in [6.07, 6.45) is 0.881. The lowest BCUT2D eigenvalue weighted by atomic mass is 10.1. The maximum atomic E-state index is 11.8. The van der Waals surface area contributed by atoms with Crippen LogP contribution in [0, 0.1) is 0 Å². The molecule has 2 rings (SSSR count). The van der Waals surface area contributed by atoms with Gasteiger partial charge >= 0.3 is 35.8 Å². The predicted molar refractivity (Wildman–Crippen MR) is 140 cm³/mol. The molecule has 0 aromatic heterocycles. The molecule has 0 saturated carbocycles. The Hall–Kier alpha value is -5.30. The number of aliphatic hydroxyl groups is 1. The summed E-state index contributed by atoms with van der Waals surface area (Å²) in [7, 11) is 0. The van der Waals surface area contributed by atoms with Crippen LogP contribution < -0.4 is 0 Å². The lowest BCUT2D eigenvalue weighted by Gasteiger charge is -2.12. The fourth-order valence-electron chi connectivity index (χ4n) is 2.74. The number of carbonyl (C=O) groups is 6. The van der Waals surface area contributed by atoms with Crippen molar-refractivity contribution >= 4 is 35.8 Å². The third kappa shape index (κ3) is 12.0. The van der Waals surface area contributed by atoms with Crippen molar-refractivity contribution in [2.75, 3.05) is 19.8 Å². The second-order valence-electron chi connectivity index (χ2n) is 7.51. The number of carboxylic acid groups (broad SMARTS) is 1. The van der Waals surface area contributed by atoms with Crippen molar-refractivity contribution < 1.29 is 63.0 Å². The molecule has 0 bridgehead atoms. The molecule has 0 saturated heterocycles. The Morgan fingerprint density at radius 2 is 1.22 bits per heavy atom. The minimum Gasteiger partial charge on any atom is -0.478 e. The van der Waals surface area contributed by atoms with E-state index in [1.165, 1.54) is 42.5 Å². The van der Waals surface area contributed by atoms with Crippen molar-refractivity contribution in [2.24, 2.45) is 0 Å². The first kappa shape index (κ1) is 33.7. The molecule has 0 spiro atoms. The van der Waals surface area contributed by atoms with E-state index in [2.05, 4.69) is 27.7 Å². The van der Waals surface area contributed by atoms with Crippen LogP contribution in [0.5, 0.6) is 0 Å². The molecule has 0 radical (unpaired) electrons. The van der Waals surface area contributed by atoms with E-state index in [-0.39, 0.29) is 48.5 Å². The zero-order valence-electron chi connectivity index (χ0n) is 22.0. The lowest BCUT2D eigenvalue weighted by molar-refractivity contribution is -0.228. The van der Waals surface area contributed by atoms with Crippen LogP contribution in [-0.4, -0.2) is 72.0 Å². The number of ether oxygens (including phenoxy) is 3. The summed E-state index contributed by atoms with van der Waals surface area (Å²) in [5.74, 6) is -5.25. The second-order valence-corrected chi connectivity index (χ2v) is 7.51. The average molecular weight is 573 g/mol. The molecular formula is C28H28O13. The first-order chi connectivity index (χ1) is 19.5. The number of carbonyl (C=O) groups excluding carboxylic acids is 5. The SMILES string of the molecule is C=CC(=O)OCCC(O)COC(=O)c1ccccc1C(=O)O.C=CC(=O)OOC(=O)c1ccccc1C(=O)OCC. The smallest absolute Gasteiger partial charge is 0.387 e. The fraction of sp³-hybridized carbons (Fsp3) is 0.214. The Balaban J connectivity index is 0.000000414. The average Bonchev–Trinajstić information content (AvgIpc) is 2.98. The van der Waals surface area contributed by atoms with Gasteiger partial charge in [-0.15, -0.1) is 0 Å². The molecule has 0 aliphatic rings. The third-order valence-corrected chi connectivity index (χ3v) is 4.65. The molecule has 0 heterocycles. The van der Waals surface area contributed by atoms with Crippen LogP contribution in [0.25, 0.3) is 0 Å². The highest BCUT2D eigenvalue weighted by Crippen LogP contribution is 2.13. The highest BCUT2D eigenvalue weighted by atomic mass is 17.2. The van der Waals surface area contributed by atoms with Crippen molar-refractivity contribution in [3.63, 3.8) is 0 Å². The minimum absolute atomic E-state index is 0.0315. The van der Waals surface area contributed by atoms with Gasteiger partial charge < -0.3 is 24.4 Å². The highest BCUT2D eigenvalue weighted by molar-refractivity contribution is 6.03. The van der Waals surface area contributed by atoms with Gasteiger partial charge in [-0.1, -0.05) is 37.4 Å². The van der Waals surface area contributed by atoms with Gasteiger partial charge in [0.2, 0.25) is 0 Å². The summed E-state index contributed by atoms with van der Waals surface area (Å²) in [6.45, 7) is 7.80. The van der Waals surface area contributed by atoms with Crippen LogP contribution in [0.2, 0.25) is 0 Å². The number of carboxylic acids is 1. The highest BCUT2D eigenvalue weighted by Gasteiger charge is 2.21. The molecule has 1 atom stereocenters. The zero-order valence-corrected chi connectivity index (χ0v) is 22.0. The molecule has 0 fully saturated rings. The maximum absolute atomic E-state index is 11.8. The van der Waals surface area contributed by atoms with Gasteiger partial charge in [0, 0.05) is 18.6 Å². The summed E-state index contributed by atoms with van der Waals surface area (Å²) < 4.78 is 14.3. The van der Waals surface area contributed by atoms with E-state index in [1.54, 1.807) is 13.0 Å². The summed E-state index contributed by atoms with van der Waals surface area (Å²) in [5.41, 5.74) is -0.302. The Morgan fingerprint density at radius 3 is 1.73 bits per heavy atom. The van der Waals surface area contributed by atoms with Gasteiger partial charge in [-0.2, -0.15) is 0 Å². The van der Waals surface area contributed by atoms with Gasteiger partial charge in [0.25, 0.3) is 0 Å². The quantitative estimate of drug-likeness (QED) is 0.124. The van der Waals surface area contributed by atoms with Crippen molar-refractivity contribution in [3.05, 3.63) is 96.1 Å². The summed E-state index contributed by atoms with van der Waals surface area (Å²) in [4.78, 5) is 76.0. The van der Waals surface area contributed by atoms with Crippen molar-refractivity contribution in [3.8, 4) is 0 Å². The largest absolute Gasteiger partial charge is 0.478 e. The molecule has 0 aliphatic carbocycles. The second kappa shape index (κ2) is 18.1. The summed E-state index contributed by atoms with van der Waals surface area (Å²) in [6, 6.07) is 11.5. The Morgan fingerprint density at radius 1 is 0.732 bits per heavy atom.